The molecule has 0 saturated carbocycles. The number of benzene rings is 2. The van der Waals surface area contributed by atoms with Crippen LogP contribution in [-0.2, 0) is 0 Å². The second kappa shape index (κ2) is 6.46. The molecule has 0 saturated heterocycles. The third kappa shape index (κ3) is 3.06. The van der Waals surface area contributed by atoms with Gasteiger partial charge in [-0.2, -0.15) is 0 Å². The van der Waals surface area contributed by atoms with Crippen molar-refractivity contribution in [3.8, 4) is 34.2 Å². The van der Waals surface area contributed by atoms with E-state index in [-0.39, 0.29) is 0 Å². The van der Waals surface area contributed by atoms with E-state index in [1.165, 1.54) is 0 Å². The van der Waals surface area contributed by atoms with Gasteiger partial charge in [-0.15, -0.1) is 0 Å². The van der Waals surface area contributed by atoms with E-state index in [1.54, 1.807) is 12.5 Å². The standard InChI is InChI=1S/C22H15N3O2/c1-2-11-25-15-20(24-21(25)9-1)16-5-3-7-18(13-16)27-19-8-4-6-17(14-19)22-23-10-12-26-22/h1-15H. The molecule has 0 fully saturated rings. The first-order chi connectivity index (χ1) is 13.3. The minimum absolute atomic E-state index is 0.568. The van der Waals surface area contributed by atoms with Crippen molar-refractivity contribution >= 4 is 5.65 Å². The van der Waals surface area contributed by atoms with Gasteiger partial charge in [0.05, 0.1) is 11.9 Å². The van der Waals surface area contributed by atoms with E-state index in [2.05, 4.69) is 9.97 Å². The van der Waals surface area contributed by atoms with Gasteiger partial charge in [0.2, 0.25) is 5.89 Å². The second-order valence-electron chi connectivity index (χ2n) is 6.09. The first-order valence-corrected chi connectivity index (χ1v) is 8.57. The summed E-state index contributed by atoms with van der Waals surface area (Å²) in [6.07, 6.45) is 7.18. The Balaban J connectivity index is 1.45. The highest BCUT2D eigenvalue weighted by molar-refractivity contribution is 5.64. The highest BCUT2D eigenvalue weighted by Crippen LogP contribution is 2.29. The first-order valence-electron chi connectivity index (χ1n) is 8.57. The van der Waals surface area contributed by atoms with Crippen LogP contribution in [0.5, 0.6) is 11.5 Å². The van der Waals surface area contributed by atoms with Gasteiger partial charge in [0.1, 0.15) is 23.4 Å². The largest absolute Gasteiger partial charge is 0.457 e. The van der Waals surface area contributed by atoms with E-state index < -0.39 is 0 Å². The molecular weight excluding hydrogens is 338 g/mol. The summed E-state index contributed by atoms with van der Waals surface area (Å²) in [6, 6.07) is 21.5. The lowest BCUT2D eigenvalue weighted by Gasteiger charge is -2.08. The average Bonchev–Trinajstić information content (AvgIpc) is 3.38. The van der Waals surface area contributed by atoms with Crippen LogP contribution in [0.2, 0.25) is 0 Å². The minimum atomic E-state index is 0.568. The zero-order valence-electron chi connectivity index (χ0n) is 14.3. The Hall–Kier alpha value is -3.86. The lowest BCUT2D eigenvalue weighted by molar-refractivity contribution is 0.482. The monoisotopic (exact) mass is 353 g/mol. The van der Waals surface area contributed by atoms with E-state index in [0.717, 1.165) is 34.0 Å². The molecule has 0 aliphatic heterocycles. The number of nitrogens with zero attached hydrogens (tertiary/aromatic N) is 3. The van der Waals surface area contributed by atoms with Gasteiger partial charge in [-0.25, -0.2) is 9.97 Å². The van der Waals surface area contributed by atoms with Crippen LogP contribution < -0.4 is 4.74 Å². The molecule has 2 aromatic carbocycles. The number of hydrogen-bond acceptors (Lipinski definition) is 4. The van der Waals surface area contributed by atoms with Crippen LogP contribution in [0.15, 0.2) is 96.0 Å². The highest BCUT2D eigenvalue weighted by Gasteiger charge is 2.08. The number of oxazole rings is 1. The predicted octanol–water partition coefficient (Wildman–Crippen LogP) is 5.45. The van der Waals surface area contributed by atoms with Gasteiger partial charge < -0.3 is 13.6 Å². The molecule has 27 heavy (non-hydrogen) atoms. The van der Waals surface area contributed by atoms with Gasteiger partial charge in [0.15, 0.2) is 0 Å². The molecule has 3 aromatic heterocycles. The van der Waals surface area contributed by atoms with Crippen molar-refractivity contribution in [2.24, 2.45) is 0 Å². The van der Waals surface area contributed by atoms with Crippen molar-refractivity contribution in [1.82, 2.24) is 14.4 Å². The smallest absolute Gasteiger partial charge is 0.225 e. The van der Waals surface area contributed by atoms with E-state index in [0.29, 0.717) is 5.89 Å². The summed E-state index contributed by atoms with van der Waals surface area (Å²) in [5, 5.41) is 0. The predicted molar refractivity (Wildman–Crippen MR) is 103 cm³/mol. The van der Waals surface area contributed by atoms with Crippen LogP contribution >= 0.6 is 0 Å². The molecule has 3 heterocycles. The fraction of sp³-hybridized carbons (Fsp3) is 0. The number of rotatable bonds is 4. The molecule has 0 amide bonds. The van der Waals surface area contributed by atoms with Crippen molar-refractivity contribution in [1.29, 1.82) is 0 Å². The molecule has 0 spiro atoms. The Labute approximate surface area is 155 Å². The molecule has 0 radical (unpaired) electrons. The lowest BCUT2D eigenvalue weighted by atomic mass is 10.1. The molecule has 0 bridgehead atoms. The number of fused-ring (bicyclic) bond motifs is 1. The van der Waals surface area contributed by atoms with Gasteiger partial charge in [-0.05, 0) is 42.5 Å². The van der Waals surface area contributed by atoms with E-state index in [4.69, 9.17) is 9.15 Å². The number of aromatic nitrogens is 3. The third-order valence-electron chi connectivity index (χ3n) is 4.24. The maximum atomic E-state index is 6.05. The Kier molecular flexibility index (Phi) is 3.68. The first kappa shape index (κ1) is 15.4. The van der Waals surface area contributed by atoms with E-state index in [1.807, 2.05) is 83.5 Å². The SMILES string of the molecule is c1cc(Oc2cccc(-c3ncco3)c2)cc(-c2cn3ccccc3n2)c1. The molecule has 5 rings (SSSR count). The van der Waals surface area contributed by atoms with Gasteiger partial charge in [-0.1, -0.05) is 24.3 Å². The Bertz CT molecular complexity index is 1180. The van der Waals surface area contributed by atoms with E-state index in [9.17, 15) is 0 Å². The number of pyridine rings is 1. The molecule has 5 aromatic rings. The zero-order valence-corrected chi connectivity index (χ0v) is 14.3. The second-order valence-corrected chi connectivity index (χ2v) is 6.09. The molecule has 0 unspecified atom stereocenters. The Morgan fingerprint density at radius 1 is 0.852 bits per heavy atom. The summed E-state index contributed by atoms with van der Waals surface area (Å²) in [7, 11) is 0. The maximum Gasteiger partial charge on any atom is 0.225 e. The number of hydrogen-bond donors (Lipinski definition) is 0. The summed E-state index contributed by atoms with van der Waals surface area (Å²) in [5.41, 5.74) is 3.69. The third-order valence-corrected chi connectivity index (χ3v) is 4.24. The van der Waals surface area contributed by atoms with Crippen molar-refractivity contribution < 1.29 is 9.15 Å². The average molecular weight is 353 g/mol. The fourth-order valence-electron chi connectivity index (χ4n) is 2.99. The van der Waals surface area contributed by atoms with Crippen LogP contribution in [0.4, 0.5) is 0 Å². The minimum Gasteiger partial charge on any atom is -0.457 e. The van der Waals surface area contributed by atoms with Crippen molar-refractivity contribution in [3.63, 3.8) is 0 Å². The van der Waals surface area contributed by atoms with E-state index >= 15 is 0 Å². The van der Waals surface area contributed by atoms with Crippen molar-refractivity contribution in [2.45, 2.75) is 0 Å². The van der Waals surface area contributed by atoms with Gasteiger partial charge in [0, 0.05) is 23.5 Å². The summed E-state index contributed by atoms with van der Waals surface area (Å²) < 4.78 is 13.4. The fourth-order valence-corrected chi connectivity index (χ4v) is 2.99. The van der Waals surface area contributed by atoms with Gasteiger partial charge >= 0.3 is 0 Å². The summed E-state index contributed by atoms with van der Waals surface area (Å²) in [4.78, 5) is 8.84. The topological polar surface area (TPSA) is 52.6 Å². The molecule has 0 N–H and O–H groups in total. The molecule has 0 aliphatic carbocycles. The number of imidazole rings is 1. The molecule has 5 nitrogen and oxygen atoms in total. The van der Waals surface area contributed by atoms with Gasteiger partial charge in [-0.3, -0.25) is 0 Å². The van der Waals surface area contributed by atoms with Crippen molar-refractivity contribution in [2.75, 3.05) is 0 Å². The lowest BCUT2D eigenvalue weighted by Crippen LogP contribution is -1.86. The normalized spacial score (nSPS) is 11.0. The molecule has 0 atom stereocenters. The summed E-state index contributed by atoms with van der Waals surface area (Å²) >= 11 is 0. The number of ether oxygens (including phenoxy) is 1. The molecule has 0 aliphatic rings. The maximum absolute atomic E-state index is 6.05. The molecule has 130 valence electrons. The summed E-state index contributed by atoms with van der Waals surface area (Å²) in [6.45, 7) is 0. The van der Waals surface area contributed by atoms with Crippen LogP contribution in [0.1, 0.15) is 0 Å². The molecular formula is C22H15N3O2. The quantitative estimate of drug-likeness (QED) is 0.431. The zero-order chi connectivity index (χ0) is 18.1. The van der Waals surface area contributed by atoms with Gasteiger partial charge in [0.25, 0.3) is 0 Å². The van der Waals surface area contributed by atoms with Crippen LogP contribution in [0.3, 0.4) is 0 Å². The molecule has 5 heteroatoms. The van der Waals surface area contributed by atoms with Crippen LogP contribution in [-0.4, -0.2) is 14.4 Å². The Morgan fingerprint density at radius 2 is 1.67 bits per heavy atom. The highest BCUT2D eigenvalue weighted by atomic mass is 16.5. The van der Waals surface area contributed by atoms with Crippen molar-refractivity contribution in [3.05, 3.63) is 91.6 Å². The summed E-state index contributed by atoms with van der Waals surface area (Å²) in [5.74, 6) is 2.03. The Morgan fingerprint density at radius 3 is 2.44 bits per heavy atom. The van der Waals surface area contributed by atoms with Crippen LogP contribution in [0.25, 0.3) is 28.4 Å². The van der Waals surface area contributed by atoms with Crippen LogP contribution in [0, 0.1) is 0 Å².